The summed E-state index contributed by atoms with van der Waals surface area (Å²) in [6, 6.07) is -0.645. The third kappa shape index (κ3) is 5.56. The zero-order chi connectivity index (χ0) is 18.4. The Labute approximate surface area is 151 Å². The largest absolute Gasteiger partial charge is 0.349 e. The molecule has 0 radical (unpaired) electrons. The summed E-state index contributed by atoms with van der Waals surface area (Å²) in [4.78, 5) is 48.0. The highest BCUT2D eigenvalue weighted by atomic mass is 32.2. The number of ketones is 2. The first-order valence-electron chi connectivity index (χ1n) is 8.51. The van der Waals surface area contributed by atoms with Gasteiger partial charge in [-0.3, -0.25) is 19.2 Å². The van der Waals surface area contributed by atoms with Crippen LogP contribution in [0.15, 0.2) is 23.8 Å². The van der Waals surface area contributed by atoms with E-state index in [4.69, 9.17) is 0 Å². The van der Waals surface area contributed by atoms with Gasteiger partial charge in [0.05, 0.1) is 6.04 Å². The Morgan fingerprint density at radius 3 is 2.76 bits per heavy atom. The van der Waals surface area contributed by atoms with Gasteiger partial charge in [0.2, 0.25) is 5.78 Å². The van der Waals surface area contributed by atoms with Gasteiger partial charge in [0.1, 0.15) is 0 Å². The molecule has 1 fully saturated rings. The Hall–Kier alpha value is -1.89. The van der Waals surface area contributed by atoms with E-state index in [9.17, 15) is 19.2 Å². The van der Waals surface area contributed by atoms with Crippen LogP contribution in [0.5, 0.6) is 0 Å². The van der Waals surface area contributed by atoms with E-state index in [1.807, 2.05) is 32.1 Å². The summed E-state index contributed by atoms with van der Waals surface area (Å²) >= 11 is 1.14. The lowest BCUT2D eigenvalue weighted by Crippen LogP contribution is -2.47. The maximum absolute atomic E-state index is 12.6. The summed E-state index contributed by atoms with van der Waals surface area (Å²) in [5.41, 5.74) is 1.17. The van der Waals surface area contributed by atoms with Gasteiger partial charge in [-0.05, 0) is 18.8 Å². The number of carbonyl (C=O) groups excluding carboxylic acids is 4. The molecule has 2 rings (SSSR count). The molecule has 0 aromatic heterocycles. The molecule has 25 heavy (non-hydrogen) atoms. The predicted octanol–water partition coefficient (Wildman–Crippen LogP) is 2.00. The number of hydrogen-bond acceptors (Lipinski definition) is 5. The molecule has 2 N–H and O–H groups in total. The first-order chi connectivity index (χ1) is 11.9. The van der Waals surface area contributed by atoms with Crippen molar-refractivity contribution in [1.82, 2.24) is 10.6 Å². The van der Waals surface area contributed by atoms with Gasteiger partial charge in [-0.1, -0.05) is 49.4 Å². The van der Waals surface area contributed by atoms with E-state index in [2.05, 4.69) is 10.6 Å². The number of allylic oxidation sites excluding steroid dienone is 3. The lowest BCUT2D eigenvalue weighted by molar-refractivity contribution is -0.143. The van der Waals surface area contributed by atoms with Crippen molar-refractivity contribution in [3.8, 4) is 0 Å². The van der Waals surface area contributed by atoms with E-state index >= 15 is 0 Å². The lowest BCUT2D eigenvalue weighted by Gasteiger charge is -2.25. The highest BCUT2D eigenvalue weighted by Gasteiger charge is 2.34. The van der Waals surface area contributed by atoms with Gasteiger partial charge >= 0.3 is 0 Å². The average Bonchev–Trinajstić information content (AvgIpc) is 3.08. The summed E-state index contributed by atoms with van der Waals surface area (Å²) in [5.74, 6) is -1.43. The molecule has 0 saturated carbocycles. The van der Waals surface area contributed by atoms with Gasteiger partial charge in [0.25, 0.3) is 11.1 Å². The smallest absolute Gasteiger partial charge is 0.287 e. The lowest BCUT2D eigenvalue weighted by atomic mass is 9.87. The van der Waals surface area contributed by atoms with Crippen molar-refractivity contribution in [2.24, 2.45) is 11.8 Å². The highest BCUT2D eigenvalue weighted by molar-refractivity contribution is 8.13. The van der Waals surface area contributed by atoms with Crippen molar-refractivity contribution < 1.29 is 19.2 Å². The van der Waals surface area contributed by atoms with Gasteiger partial charge in [0, 0.05) is 24.6 Å². The van der Waals surface area contributed by atoms with Crippen LogP contribution in [0.25, 0.3) is 0 Å². The fourth-order valence-electron chi connectivity index (χ4n) is 2.87. The first-order valence-corrected chi connectivity index (χ1v) is 9.49. The number of rotatable bonds is 7. The molecule has 2 unspecified atom stereocenters. The van der Waals surface area contributed by atoms with Crippen molar-refractivity contribution in [2.45, 2.75) is 39.2 Å². The molecule has 1 heterocycles. The molecule has 1 aliphatic carbocycles. The number of nitrogens with one attached hydrogen (secondary N) is 2. The van der Waals surface area contributed by atoms with E-state index in [-0.39, 0.29) is 23.4 Å². The molecule has 0 spiro atoms. The Morgan fingerprint density at radius 2 is 2.12 bits per heavy atom. The number of Topliss-reactive ketones (excluding diaryl/α,β-unsaturated/α-hetero) is 2. The number of amides is 2. The topological polar surface area (TPSA) is 92.3 Å². The van der Waals surface area contributed by atoms with E-state index in [0.29, 0.717) is 18.7 Å². The predicted molar refractivity (Wildman–Crippen MR) is 97.2 cm³/mol. The molecule has 6 nitrogen and oxygen atoms in total. The molecule has 0 aromatic rings. The van der Waals surface area contributed by atoms with Crippen LogP contribution in [-0.4, -0.2) is 41.1 Å². The van der Waals surface area contributed by atoms with Crippen LogP contribution in [0.3, 0.4) is 0 Å². The van der Waals surface area contributed by atoms with E-state index in [1.165, 1.54) is 5.57 Å². The fraction of sp³-hybridized carbons (Fsp3) is 0.556. The zero-order valence-electron chi connectivity index (χ0n) is 14.5. The Balaban J connectivity index is 1.87. The van der Waals surface area contributed by atoms with Crippen molar-refractivity contribution in [3.05, 3.63) is 23.8 Å². The standard InChI is InChI=1S/C18H24N2O4S/c1-11(2)15(20-18(24)25-10-12-5-3-4-6-12)14(21)9-13-7-8-19-17(23)16(13)22/h3-5,11,13,15H,6-10H2,1-2H3,(H,19,23)(H,20,24). The summed E-state index contributed by atoms with van der Waals surface area (Å²) in [7, 11) is 0. The van der Waals surface area contributed by atoms with E-state index in [0.717, 1.165) is 18.2 Å². The molecule has 0 bridgehead atoms. The average molecular weight is 364 g/mol. The summed E-state index contributed by atoms with van der Waals surface area (Å²) < 4.78 is 0. The molecular formula is C18H24N2O4S. The third-order valence-electron chi connectivity index (χ3n) is 4.34. The van der Waals surface area contributed by atoms with E-state index in [1.54, 1.807) is 0 Å². The van der Waals surface area contributed by atoms with Crippen LogP contribution in [0.4, 0.5) is 4.79 Å². The number of thioether (sulfide) groups is 1. The molecule has 1 aliphatic heterocycles. The molecule has 136 valence electrons. The third-order valence-corrected chi connectivity index (χ3v) is 5.24. The van der Waals surface area contributed by atoms with Crippen LogP contribution in [0.2, 0.25) is 0 Å². The summed E-state index contributed by atoms with van der Waals surface area (Å²) in [6.07, 6.45) is 7.31. The molecular weight excluding hydrogens is 340 g/mol. The number of carbonyl (C=O) groups is 4. The maximum Gasteiger partial charge on any atom is 0.287 e. The first kappa shape index (κ1) is 19.4. The van der Waals surface area contributed by atoms with Crippen LogP contribution >= 0.6 is 11.8 Å². The molecule has 2 atom stereocenters. The van der Waals surface area contributed by atoms with Crippen LogP contribution in [0, 0.1) is 11.8 Å². The van der Waals surface area contributed by atoms with Crippen LogP contribution in [0.1, 0.15) is 33.1 Å². The van der Waals surface area contributed by atoms with E-state index < -0.39 is 23.7 Å². The second-order valence-corrected chi connectivity index (χ2v) is 7.62. The fourth-order valence-corrected chi connectivity index (χ4v) is 3.61. The number of piperidine rings is 1. The van der Waals surface area contributed by atoms with Crippen LogP contribution < -0.4 is 10.6 Å². The number of hydrogen-bond donors (Lipinski definition) is 2. The zero-order valence-corrected chi connectivity index (χ0v) is 15.4. The molecule has 1 saturated heterocycles. The van der Waals surface area contributed by atoms with Crippen molar-refractivity contribution >= 4 is 34.5 Å². The molecule has 0 aromatic carbocycles. The SMILES string of the molecule is CC(C)C(NC(=O)SCC1=CC=CC1)C(=O)CC1CCNC(=O)C1=O. The second kappa shape index (κ2) is 8.99. The monoisotopic (exact) mass is 364 g/mol. The Kier molecular flexibility index (Phi) is 6.99. The minimum atomic E-state index is -0.645. The Morgan fingerprint density at radius 1 is 1.36 bits per heavy atom. The minimum Gasteiger partial charge on any atom is -0.349 e. The maximum atomic E-state index is 12.6. The molecule has 2 aliphatic rings. The van der Waals surface area contributed by atoms with Crippen molar-refractivity contribution in [3.63, 3.8) is 0 Å². The van der Waals surface area contributed by atoms with Crippen molar-refractivity contribution in [1.29, 1.82) is 0 Å². The van der Waals surface area contributed by atoms with Gasteiger partial charge in [-0.2, -0.15) is 0 Å². The molecule has 2 amide bonds. The van der Waals surface area contributed by atoms with Gasteiger partial charge in [-0.25, -0.2) is 0 Å². The highest BCUT2D eigenvalue weighted by Crippen LogP contribution is 2.20. The van der Waals surface area contributed by atoms with Gasteiger partial charge in [-0.15, -0.1) is 0 Å². The minimum absolute atomic E-state index is 0.00484. The van der Waals surface area contributed by atoms with Gasteiger partial charge < -0.3 is 10.6 Å². The van der Waals surface area contributed by atoms with Gasteiger partial charge in [0.15, 0.2) is 5.78 Å². The summed E-state index contributed by atoms with van der Waals surface area (Å²) in [5, 5.41) is 5.01. The quantitative estimate of drug-likeness (QED) is 0.674. The molecule has 7 heteroatoms. The van der Waals surface area contributed by atoms with Crippen molar-refractivity contribution in [2.75, 3.05) is 12.3 Å². The Bertz CT molecular complexity index is 625. The summed E-state index contributed by atoms with van der Waals surface area (Å²) in [6.45, 7) is 4.11. The van der Waals surface area contributed by atoms with Crippen LogP contribution in [-0.2, 0) is 14.4 Å². The normalized spacial score (nSPS) is 21.1. The second-order valence-electron chi connectivity index (χ2n) is 6.68.